The van der Waals surface area contributed by atoms with Gasteiger partial charge in [0.2, 0.25) is 0 Å². The summed E-state index contributed by atoms with van der Waals surface area (Å²) in [5.41, 5.74) is 2.37. The maximum atomic E-state index is 14.5. The number of fused-ring (bicyclic) bond motifs is 5. The highest BCUT2D eigenvalue weighted by Gasteiger charge is 2.71. The lowest BCUT2D eigenvalue weighted by Gasteiger charge is -2.37. The van der Waals surface area contributed by atoms with E-state index in [-0.39, 0.29) is 17.3 Å². The van der Waals surface area contributed by atoms with Crippen molar-refractivity contribution in [2.45, 2.75) is 18.0 Å². The van der Waals surface area contributed by atoms with Gasteiger partial charge in [0.05, 0.1) is 6.04 Å². The number of carbonyl (C=O) groups excluding carboxylic acids is 3. The van der Waals surface area contributed by atoms with Gasteiger partial charge in [-0.25, -0.2) is 0 Å². The number of anilines is 1. The van der Waals surface area contributed by atoms with E-state index in [0.717, 1.165) is 11.3 Å². The van der Waals surface area contributed by atoms with Crippen molar-refractivity contribution >= 4 is 29.1 Å². The Bertz CT molecular complexity index is 1570. The number of para-hydroxylation sites is 1. The van der Waals surface area contributed by atoms with E-state index in [4.69, 9.17) is 0 Å². The minimum absolute atomic E-state index is 0.127. The Labute approximate surface area is 214 Å². The summed E-state index contributed by atoms with van der Waals surface area (Å²) >= 11 is 0. The molecule has 0 radical (unpaired) electrons. The van der Waals surface area contributed by atoms with Crippen LogP contribution in [0.3, 0.4) is 0 Å². The lowest BCUT2D eigenvalue weighted by molar-refractivity contribution is 0.0666. The van der Waals surface area contributed by atoms with Crippen molar-refractivity contribution in [3.8, 4) is 0 Å². The SMILES string of the molecule is O=C(c1ccccc1)C1C(c2cccnc2)C2(C(=O)c3ccccc3C2=O)C2C=Cc3ccccc3N12. The molecule has 3 aliphatic rings. The summed E-state index contributed by atoms with van der Waals surface area (Å²) < 4.78 is 0. The third kappa shape index (κ3) is 2.79. The van der Waals surface area contributed by atoms with Gasteiger partial charge in [-0.1, -0.05) is 91.0 Å². The number of nitrogens with zero attached hydrogens (tertiary/aromatic N) is 2. The smallest absolute Gasteiger partial charge is 0.185 e. The molecule has 2 aliphatic heterocycles. The second-order valence-electron chi connectivity index (χ2n) is 9.78. The molecule has 37 heavy (non-hydrogen) atoms. The molecule has 0 saturated carbocycles. The quantitative estimate of drug-likeness (QED) is 0.289. The third-order valence-electron chi connectivity index (χ3n) is 8.08. The van der Waals surface area contributed by atoms with Gasteiger partial charge in [0, 0.05) is 40.7 Å². The van der Waals surface area contributed by atoms with Crippen LogP contribution >= 0.6 is 0 Å². The Morgan fingerprint density at radius 1 is 0.784 bits per heavy atom. The molecule has 1 fully saturated rings. The largest absolute Gasteiger partial charge is 0.352 e. The average Bonchev–Trinajstić information content (AvgIpc) is 3.40. The predicted molar refractivity (Wildman–Crippen MR) is 141 cm³/mol. The predicted octanol–water partition coefficient (Wildman–Crippen LogP) is 5.40. The van der Waals surface area contributed by atoms with E-state index < -0.39 is 23.4 Å². The molecule has 3 aromatic carbocycles. The molecule has 5 heteroatoms. The average molecular weight is 483 g/mol. The number of benzene rings is 3. The molecule has 0 N–H and O–H groups in total. The molecule has 3 atom stereocenters. The number of hydrogen-bond donors (Lipinski definition) is 0. The molecule has 3 unspecified atom stereocenters. The lowest BCUT2D eigenvalue weighted by Crippen LogP contribution is -2.48. The Balaban J connectivity index is 1.56. The van der Waals surface area contributed by atoms with Crippen LogP contribution in [-0.4, -0.2) is 34.4 Å². The topological polar surface area (TPSA) is 67.3 Å². The number of Topliss-reactive ketones (excluding diaryl/α,β-unsaturated/α-hetero) is 3. The summed E-state index contributed by atoms with van der Waals surface area (Å²) in [4.78, 5) is 49.7. The molecule has 1 aliphatic carbocycles. The molecular formula is C32H22N2O3. The van der Waals surface area contributed by atoms with Gasteiger partial charge in [0.15, 0.2) is 17.3 Å². The summed E-state index contributed by atoms with van der Waals surface area (Å²) in [6.45, 7) is 0. The number of hydrogen-bond acceptors (Lipinski definition) is 5. The number of rotatable bonds is 3. The summed E-state index contributed by atoms with van der Waals surface area (Å²) in [5, 5.41) is 0. The van der Waals surface area contributed by atoms with E-state index in [9.17, 15) is 14.4 Å². The Morgan fingerprint density at radius 2 is 1.46 bits per heavy atom. The molecule has 178 valence electrons. The minimum atomic E-state index is -1.49. The zero-order chi connectivity index (χ0) is 25.1. The Kier molecular flexibility index (Phi) is 4.64. The summed E-state index contributed by atoms with van der Waals surface area (Å²) in [6, 6.07) is 26.2. The number of carbonyl (C=O) groups is 3. The van der Waals surface area contributed by atoms with Crippen LogP contribution in [-0.2, 0) is 0 Å². The van der Waals surface area contributed by atoms with E-state index >= 15 is 0 Å². The van der Waals surface area contributed by atoms with Gasteiger partial charge >= 0.3 is 0 Å². The Morgan fingerprint density at radius 3 is 2.16 bits per heavy atom. The Hall–Kier alpha value is -4.64. The fourth-order valence-corrected chi connectivity index (χ4v) is 6.62. The molecule has 0 bridgehead atoms. The monoisotopic (exact) mass is 482 g/mol. The van der Waals surface area contributed by atoms with E-state index in [1.165, 1.54) is 0 Å². The highest BCUT2D eigenvalue weighted by Crippen LogP contribution is 2.60. The standard InChI is InChI=1S/C32H22N2O3/c35-29(21-10-2-1-3-11-21)28-27(22-12-8-18-33-19-22)32(30(36)23-13-5-6-14-24(23)31(32)37)26-17-16-20-9-4-7-15-25(20)34(26)28/h1-19,26-28H. The fraction of sp³-hybridized carbons (Fsp3) is 0.125. The highest BCUT2D eigenvalue weighted by atomic mass is 16.2. The van der Waals surface area contributed by atoms with Crippen LogP contribution < -0.4 is 4.90 Å². The molecule has 1 saturated heterocycles. The molecule has 1 aromatic heterocycles. The molecule has 0 amide bonds. The van der Waals surface area contributed by atoms with Crippen molar-refractivity contribution in [3.05, 3.63) is 137 Å². The van der Waals surface area contributed by atoms with Gasteiger partial charge in [0.1, 0.15) is 11.5 Å². The first kappa shape index (κ1) is 21.6. The number of aromatic nitrogens is 1. The van der Waals surface area contributed by atoms with Crippen molar-refractivity contribution in [3.63, 3.8) is 0 Å². The molecule has 4 aromatic rings. The van der Waals surface area contributed by atoms with Gasteiger partial charge in [-0.15, -0.1) is 0 Å². The van der Waals surface area contributed by atoms with E-state index in [1.807, 2.05) is 65.6 Å². The van der Waals surface area contributed by atoms with Crippen LogP contribution in [0, 0.1) is 5.41 Å². The number of ketones is 3. The van der Waals surface area contributed by atoms with E-state index in [2.05, 4.69) is 4.98 Å². The van der Waals surface area contributed by atoms with E-state index in [1.54, 1.807) is 54.9 Å². The van der Waals surface area contributed by atoms with Crippen molar-refractivity contribution in [1.82, 2.24) is 4.98 Å². The van der Waals surface area contributed by atoms with Gasteiger partial charge in [-0.2, -0.15) is 0 Å². The first-order valence-corrected chi connectivity index (χ1v) is 12.4. The van der Waals surface area contributed by atoms with Crippen LogP contribution in [0.2, 0.25) is 0 Å². The second-order valence-corrected chi connectivity index (χ2v) is 9.78. The van der Waals surface area contributed by atoms with Gasteiger partial charge in [-0.05, 0) is 23.3 Å². The minimum Gasteiger partial charge on any atom is -0.352 e. The molecule has 5 nitrogen and oxygen atoms in total. The van der Waals surface area contributed by atoms with Crippen LogP contribution in [0.25, 0.3) is 6.08 Å². The highest BCUT2D eigenvalue weighted by molar-refractivity contribution is 6.32. The van der Waals surface area contributed by atoms with Crippen molar-refractivity contribution < 1.29 is 14.4 Å². The first-order valence-electron chi connectivity index (χ1n) is 12.4. The summed E-state index contributed by atoms with van der Waals surface area (Å²) in [7, 11) is 0. The zero-order valence-corrected chi connectivity index (χ0v) is 19.8. The van der Waals surface area contributed by atoms with Crippen LogP contribution in [0.1, 0.15) is 48.1 Å². The van der Waals surface area contributed by atoms with Crippen molar-refractivity contribution in [1.29, 1.82) is 0 Å². The maximum Gasteiger partial charge on any atom is 0.185 e. The van der Waals surface area contributed by atoms with Crippen LogP contribution in [0.5, 0.6) is 0 Å². The van der Waals surface area contributed by atoms with Crippen LogP contribution in [0.15, 0.2) is 109 Å². The summed E-state index contributed by atoms with van der Waals surface area (Å²) in [5.74, 6) is -1.33. The third-order valence-corrected chi connectivity index (χ3v) is 8.08. The van der Waals surface area contributed by atoms with E-state index in [0.29, 0.717) is 22.3 Å². The normalized spacial score (nSPS) is 22.6. The zero-order valence-electron chi connectivity index (χ0n) is 19.8. The second kappa shape index (κ2) is 7.93. The van der Waals surface area contributed by atoms with Gasteiger partial charge in [0.25, 0.3) is 0 Å². The molecule has 7 rings (SSSR count). The van der Waals surface area contributed by atoms with Crippen molar-refractivity contribution in [2.24, 2.45) is 5.41 Å². The molecular weight excluding hydrogens is 460 g/mol. The first-order chi connectivity index (χ1) is 18.1. The maximum absolute atomic E-state index is 14.5. The fourth-order valence-electron chi connectivity index (χ4n) is 6.62. The molecule has 1 spiro atoms. The lowest BCUT2D eigenvalue weighted by atomic mass is 9.64. The summed E-state index contributed by atoms with van der Waals surface area (Å²) in [6.07, 6.45) is 7.26. The number of pyridine rings is 1. The molecule has 3 heterocycles. The van der Waals surface area contributed by atoms with Crippen molar-refractivity contribution in [2.75, 3.05) is 4.90 Å². The van der Waals surface area contributed by atoms with Gasteiger partial charge < -0.3 is 4.90 Å². The van der Waals surface area contributed by atoms with Crippen LogP contribution in [0.4, 0.5) is 5.69 Å². The van der Waals surface area contributed by atoms with Gasteiger partial charge in [-0.3, -0.25) is 19.4 Å².